The molecule has 0 bridgehead atoms. The van der Waals surface area contributed by atoms with Crippen LogP contribution in [0.1, 0.15) is 0 Å². The molecule has 4 rings (SSSR count). The Kier molecular flexibility index (Phi) is 6.83. The average Bonchev–Trinajstić information content (AvgIpc) is 2.83. The van der Waals surface area contributed by atoms with Crippen molar-refractivity contribution in [3.8, 4) is 17.4 Å². The zero-order chi connectivity index (χ0) is 23.2. The van der Waals surface area contributed by atoms with E-state index in [9.17, 15) is 4.57 Å². The molecule has 166 valence electrons. The van der Waals surface area contributed by atoms with Crippen molar-refractivity contribution in [2.24, 2.45) is 0 Å². The molecule has 0 aliphatic heterocycles. The number of methoxy groups -OCH3 is 1. The van der Waals surface area contributed by atoms with Crippen molar-refractivity contribution in [2.45, 2.75) is 0 Å². The van der Waals surface area contributed by atoms with Crippen molar-refractivity contribution in [2.75, 3.05) is 17.7 Å². The molecule has 0 saturated heterocycles. The molecule has 0 amide bonds. The molecule has 0 aliphatic carbocycles. The van der Waals surface area contributed by atoms with E-state index in [0.29, 0.717) is 44.9 Å². The molecule has 0 spiro atoms. The highest BCUT2D eigenvalue weighted by molar-refractivity contribution is 7.52. The Morgan fingerprint density at radius 3 is 2.67 bits per heavy atom. The van der Waals surface area contributed by atoms with Crippen LogP contribution in [0.3, 0.4) is 0 Å². The third-order valence-corrected chi connectivity index (χ3v) is 5.57. The number of hydrogen-bond donors (Lipinski definition) is 2. The summed E-state index contributed by atoms with van der Waals surface area (Å²) in [7, 11) is -0.256. The highest BCUT2D eigenvalue weighted by Gasteiger charge is 2.12. The molecule has 1 atom stereocenters. The van der Waals surface area contributed by atoms with Crippen LogP contribution in [0.5, 0.6) is 17.4 Å². The number of rotatable bonds is 8. The standard InChI is InChI=1S/C22H18ClN6O3P/c1-31-18-11-14(32-20-9-10-24-13-26-20)7-8-16(18)28-22-25-12-15(23)21(29-22)27-17-5-3-4-6-19(17)33(2)30/h3-13H,2H2,1H3,(H2,25,27,28,29). The van der Waals surface area contributed by atoms with E-state index in [4.69, 9.17) is 21.1 Å². The van der Waals surface area contributed by atoms with Gasteiger partial charge in [0.15, 0.2) is 5.82 Å². The van der Waals surface area contributed by atoms with Gasteiger partial charge in [0.25, 0.3) is 0 Å². The second kappa shape index (κ2) is 10.1. The van der Waals surface area contributed by atoms with E-state index in [0.717, 1.165) is 0 Å². The van der Waals surface area contributed by atoms with E-state index in [1.165, 1.54) is 12.5 Å². The lowest BCUT2D eigenvalue weighted by Gasteiger charge is -2.14. The Morgan fingerprint density at radius 1 is 1.06 bits per heavy atom. The largest absolute Gasteiger partial charge is 0.494 e. The van der Waals surface area contributed by atoms with Crippen molar-refractivity contribution < 1.29 is 14.0 Å². The lowest BCUT2D eigenvalue weighted by atomic mass is 10.2. The Morgan fingerprint density at radius 2 is 1.91 bits per heavy atom. The first-order valence-electron chi connectivity index (χ1n) is 9.59. The zero-order valence-corrected chi connectivity index (χ0v) is 19.0. The van der Waals surface area contributed by atoms with Crippen LogP contribution in [0.25, 0.3) is 0 Å². The van der Waals surface area contributed by atoms with Crippen molar-refractivity contribution in [1.29, 1.82) is 0 Å². The van der Waals surface area contributed by atoms with Gasteiger partial charge in [-0.15, -0.1) is 0 Å². The molecular formula is C22H18ClN6O3P. The Balaban J connectivity index is 1.57. The second-order valence-corrected chi connectivity index (χ2v) is 8.19. The Hall–Kier alpha value is -3.94. The monoisotopic (exact) mass is 480 g/mol. The minimum Gasteiger partial charge on any atom is -0.494 e. The smallest absolute Gasteiger partial charge is 0.229 e. The quantitative estimate of drug-likeness (QED) is 0.333. The number of nitrogens with one attached hydrogen (secondary N) is 2. The first-order chi connectivity index (χ1) is 16.0. The van der Waals surface area contributed by atoms with Gasteiger partial charge in [-0.3, -0.25) is 4.57 Å². The molecule has 2 N–H and O–H groups in total. The fraction of sp³-hybridized carbons (Fsp3) is 0.0455. The minimum atomic E-state index is -1.80. The van der Waals surface area contributed by atoms with Crippen LogP contribution < -0.4 is 25.4 Å². The van der Waals surface area contributed by atoms with E-state index in [1.54, 1.807) is 55.8 Å². The van der Waals surface area contributed by atoms with Crippen LogP contribution in [0.15, 0.2) is 67.3 Å². The van der Waals surface area contributed by atoms with Gasteiger partial charge in [0, 0.05) is 18.3 Å². The molecule has 0 saturated carbocycles. The maximum atomic E-state index is 12.0. The molecule has 11 heteroatoms. The van der Waals surface area contributed by atoms with Gasteiger partial charge in [0.1, 0.15) is 30.3 Å². The molecule has 2 heterocycles. The van der Waals surface area contributed by atoms with Gasteiger partial charge in [-0.1, -0.05) is 23.7 Å². The van der Waals surface area contributed by atoms with E-state index in [2.05, 4.69) is 36.9 Å². The predicted molar refractivity (Wildman–Crippen MR) is 130 cm³/mol. The number of nitrogens with zero attached hydrogens (tertiary/aromatic N) is 4. The number of anilines is 4. The summed E-state index contributed by atoms with van der Waals surface area (Å²) in [6.07, 6.45) is 8.08. The molecule has 9 nitrogen and oxygen atoms in total. The maximum Gasteiger partial charge on any atom is 0.229 e. The van der Waals surface area contributed by atoms with Crippen molar-refractivity contribution in [1.82, 2.24) is 19.9 Å². The number of halogens is 1. The van der Waals surface area contributed by atoms with Gasteiger partial charge in [0.2, 0.25) is 11.8 Å². The first-order valence-corrected chi connectivity index (χ1v) is 11.4. The minimum absolute atomic E-state index is 0.279. The summed E-state index contributed by atoms with van der Waals surface area (Å²) in [4.78, 5) is 16.6. The van der Waals surface area contributed by atoms with Crippen LogP contribution in [0.4, 0.5) is 23.1 Å². The summed E-state index contributed by atoms with van der Waals surface area (Å²) < 4.78 is 23.1. The molecule has 2 aromatic heterocycles. The summed E-state index contributed by atoms with van der Waals surface area (Å²) in [5, 5.41) is 7.08. The fourth-order valence-electron chi connectivity index (χ4n) is 2.86. The van der Waals surface area contributed by atoms with Crippen molar-refractivity contribution in [3.05, 3.63) is 72.3 Å². The third kappa shape index (κ3) is 5.46. The van der Waals surface area contributed by atoms with Crippen LogP contribution in [-0.4, -0.2) is 33.3 Å². The van der Waals surface area contributed by atoms with Crippen LogP contribution in [-0.2, 0) is 4.57 Å². The summed E-state index contributed by atoms with van der Waals surface area (Å²) in [5.41, 5.74) is 1.21. The molecule has 1 unspecified atom stereocenters. The molecule has 33 heavy (non-hydrogen) atoms. The molecular weight excluding hydrogens is 463 g/mol. The van der Waals surface area contributed by atoms with E-state index < -0.39 is 7.42 Å². The van der Waals surface area contributed by atoms with Gasteiger partial charge < -0.3 is 20.1 Å². The van der Waals surface area contributed by atoms with Gasteiger partial charge >= 0.3 is 0 Å². The lowest BCUT2D eigenvalue weighted by Crippen LogP contribution is -2.07. The Bertz CT molecular complexity index is 1340. The van der Waals surface area contributed by atoms with E-state index >= 15 is 0 Å². The SMILES string of the molecule is C=P(=O)c1ccccc1Nc1nc(Nc2ccc(Oc3ccncn3)cc2OC)ncc1Cl. The van der Waals surface area contributed by atoms with Gasteiger partial charge in [-0.25, -0.2) is 15.0 Å². The topological polar surface area (TPSA) is 111 Å². The third-order valence-electron chi connectivity index (χ3n) is 4.37. The fourth-order valence-corrected chi connectivity index (χ4v) is 3.65. The molecule has 4 aromatic rings. The number of aromatic nitrogens is 4. The summed E-state index contributed by atoms with van der Waals surface area (Å²) in [6.45, 7) is 0. The highest BCUT2D eigenvalue weighted by atomic mass is 35.5. The Labute approximate surface area is 195 Å². The average molecular weight is 481 g/mol. The normalized spacial score (nSPS) is 10.9. The molecule has 2 aromatic carbocycles. The summed E-state index contributed by atoms with van der Waals surface area (Å²) >= 11 is 6.28. The maximum absolute atomic E-state index is 12.0. The van der Waals surface area contributed by atoms with Crippen molar-refractivity contribution >= 4 is 53.8 Å². The first kappa shape index (κ1) is 22.3. The molecule has 0 radical (unpaired) electrons. The van der Waals surface area contributed by atoms with Gasteiger partial charge in [0.05, 0.1) is 30.0 Å². The van der Waals surface area contributed by atoms with Gasteiger partial charge in [-0.05, 0) is 30.6 Å². The van der Waals surface area contributed by atoms with Crippen LogP contribution in [0, 0.1) is 0 Å². The predicted octanol–water partition coefficient (Wildman–Crippen LogP) is 5.09. The molecule has 0 fully saturated rings. The number of para-hydroxylation sites is 1. The number of benzene rings is 2. The number of ether oxygens (including phenoxy) is 2. The van der Waals surface area contributed by atoms with E-state index in [-0.39, 0.29) is 5.95 Å². The summed E-state index contributed by atoms with van der Waals surface area (Å²) in [5.74, 6) is 2.08. The zero-order valence-electron chi connectivity index (χ0n) is 17.4. The van der Waals surface area contributed by atoms with Crippen LogP contribution >= 0.6 is 19.0 Å². The van der Waals surface area contributed by atoms with E-state index in [1.807, 2.05) is 6.07 Å². The second-order valence-electron chi connectivity index (χ2n) is 6.55. The molecule has 0 aliphatic rings. The number of hydrogen-bond acceptors (Lipinski definition) is 9. The van der Waals surface area contributed by atoms with Gasteiger partial charge in [-0.2, -0.15) is 4.98 Å². The van der Waals surface area contributed by atoms with Crippen molar-refractivity contribution in [3.63, 3.8) is 0 Å². The summed E-state index contributed by atoms with van der Waals surface area (Å²) in [6, 6.07) is 14.0. The lowest BCUT2D eigenvalue weighted by molar-refractivity contribution is 0.409. The van der Waals surface area contributed by atoms with Crippen LogP contribution in [0.2, 0.25) is 5.02 Å². The highest BCUT2D eigenvalue weighted by Crippen LogP contribution is 2.33.